The van der Waals surface area contributed by atoms with Crippen LogP contribution in [0.1, 0.15) is 37.2 Å². The Morgan fingerprint density at radius 1 is 1.30 bits per heavy atom. The van der Waals surface area contributed by atoms with Crippen LogP contribution in [0, 0.1) is 11.7 Å². The average Bonchev–Trinajstić information content (AvgIpc) is 2.68. The lowest BCUT2D eigenvalue weighted by Crippen LogP contribution is -2.43. The summed E-state index contributed by atoms with van der Waals surface area (Å²) in [6, 6.07) is 9.54. The first-order valence-corrected chi connectivity index (χ1v) is 9.43. The second-order valence-electron chi connectivity index (χ2n) is 7.24. The van der Waals surface area contributed by atoms with Gasteiger partial charge in [-0.15, -0.1) is 0 Å². The Bertz CT molecular complexity index is 764. The number of piperidine rings is 1. The van der Waals surface area contributed by atoms with Crippen molar-refractivity contribution in [1.82, 2.24) is 15.2 Å². The van der Waals surface area contributed by atoms with E-state index in [1.54, 1.807) is 24.3 Å². The molecule has 3 rings (SSSR count). The number of amides is 1. The summed E-state index contributed by atoms with van der Waals surface area (Å²) in [5.41, 5.74) is 0.311. The second kappa shape index (κ2) is 8.95. The summed E-state index contributed by atoms with van der Waals surface area (Å²) in [7, 11) is 0. The Balaban J connectivity index is 1.56. The monoisotopic (exact) mass is 371 g/mol. The number of pyridine rings is 1. The van der Waals surface area contributed by atoms with Gasteiger partial charge < -0.3 is 15.0 Å². The molecule has 0 radical (unpaired) electrons. The quantitative estimate of drug-likeness (QED) is 0.838. The van der Waals surface area contributed by atoms with Crippen LogP contribution in [-0.2, 0) is 0 Å². The third kappa shape index (κ3) is 5.50. The number of benzene rings is 1. The SMILES string of the molecule is CC(C)N1CCC[C@@H](CNC(=O)c2cc(Oc3ccc(F)cc3)ccn2)C1. The number of nitrogens with zero attached hydrogens (tertiary/aromatic N) is 2. The number of likely N-dealkylation sites (tertiary alicyclic amines) is 1. The maximum Gasteiger partial charge on any atom is 0.270 e. The Labute approximate surface area is 159 Å². The van der Waals surface area contributed by atoms with Gasteiger partial charge in [-0.2, -0.15) is 0 Å². The van der Waals surface area contributed by atoms with Gasteiger partial charge in [-0.05, 0) is 69.5 Å². The van der Waals surface area contributed by atoms with E-state index < -0.39 is 0 Å². The van der Waals surface area contributed by atoms with Gasteiger partial charge in [0.2, 0.25) is 0 Å². The summed E-state index contributed by atoms with van der Waals surface area (Å²) in [4.78, 5) is 19.1. The molecule has 1 amide bonds. The van der Waals surface area contributed by atoms with Crippen molar-refractivity contribution in [2.24, 2.45) is 5.92 Å². The van der Waals surface area contributed by atoms with Gasteiger partial charge in [0.05, 0.1) is 0 Å². The zero-order chi connectivity index (χ0) is 19.2. The van der Waals surface area contributed by atoms with Crippen LogP contribution in [0.25, 0.3) is 0 Å². The molecule has 2 aromatic rings. The number of rotatable bonds is 6. The fraction of sp³-hybridized carbons (Fsp3) is 0.429. The molecule has 1 N–H and O–H groups in total. The van der Waals surface area contributed by atoms with Crippen LogP contribution < -0.4 is 10.1 Å². The summed E-state index contributed by atoms with van der Waals surface area (Å²) in [6.45, 7) is 7.20. The molecule has 0 saturated carbocycles. The largest absolute Gasteiger partial charge is 0.457 e. The van der Waals surface area contributed by atoms with Crippen LogP contribution in [0.4, 0.5) is 4.39 Å². The minimum absolute atomic E-state index is 0.207. The van der Waals surface area contributed by atoms with Gasteiger partial charge in [0.1, 0.15) is 23.0 Å². The van der Waals surface area contributed by atoms with Crippen molar-refractivity contribution in [3.05, 3.63) is 54.1 Å². The molecule has 1 atom stereocenters. The minimum Gasteiger partial charge on any atom is -0.457 e. The van der Waals surface area contributed by atoms with Gasteiger partial charge in [0, 0.05) is 31.4 Å². The molecule has 1 aromatic carbocycles. The fourth-order valence-corrected chi connectivity index (χ4v) is 3.30. The van der Waals surface area contributed by atoms with E-state index in [4.69, 9.17) is 4.74 Å². The highest BCUT2D eigenvalue weighted by Gasteiger charge is 2.22. The Morgan fingerprint density at radius 3 is 2.81 bits per heavy atom. The van der Waals surface area contributed by atoms with E-state index in [9.17, 15) is 9.18 Å². The van der Waals surface area contributed by atoms with Gasteiger partial charge in [-0.3, -0.25) is 9.78 Å². The summed E-state index contributed by atoms with van der Waals surface area (Å²) >= 11 is 0. The van der Waals surface area contributed by atoms with E-state index in [-0.39, 0.29) is 11.7 Å². The van der Waals surface area contributed by atoms with Crippen molar-refractivity contribution in [1.29, 1.82) is 0 Å². The molecule has 1 aliphatic rings. The highest BCUT2D eigenvalue weighted by atomic mass is 19.1. The smallest absolute Gasteiger partial charge is 0.270 e. The van der Waals surface area contributed by atoms with Gasteiger partial charge in [-0.1, -0.05) is 0 Å². The first-order valence-electron chi connectivity index (χ1n) is 9.43. The van der Waals surface area contributed by atoms with Crippen LogP contribution in [-0.4, -0.2) is 41.5 Å². The number of ether oxygens (including phenoxy) is 1. The molecule has 1 fully saturated rings. The lowest BCUT2D eigenvalue weighted by molar-refractivity contribution is 0.0917. The Kier molecular flexibility index (Phi) is 6.40. The van der Waals surface area contributed by atoms with Crippen LogP contribution in [0.2, 0.25) is 0 Å². The number of hydrogen-bond donors (Lipinski definition) is 1. The molecule has 2 heterocycles. The zero-order valence-corrected chi connectivity index (χ0v) is 15.8. The number of carbonyl (C=O) groups is 1. The van der Waals surface area contributed by atoms with Gasteiger partial charge >= 0.3 is 0 Å². The van der Waals surface area contributed by atoms with Gasteiger partial charge in [-0.25, -0.2) is 4.39 Å². The number of nitrogens with one attached hydrogen (secondary N) is 1. The standard InChI is InChI=1S/C21H26FN3O2/c1-15(2)25-11-3-4-16(14-25)13-24-21(26)20-12-19(9-10-23-20)27-18-7-5-17(22)6-8-18/h5-10,12,15-16H,3-4,11,13-14H2,1-2H3,(H,24,26)/t16-/m0/s1. The molecule has 0 aliphatic carbocycles. The van der Waals surface area contributed by atoms with Crippen LogP contribution in [0.15, 0.2) is 42.6 Å². The lowest BCUT2D eigenvalue weighted by atomic mass is 9.97. The number of carbonyl (C=O) groups excluding carboxylic acids is 1. The maximum atomic E-state index is 13.0. The van der Waals surface area contributed by atoms with E-state index in [2.05, 4.69) is 29.0 Å². The predicted octanol–water partition coefficient (Wildman–Crippen LogP) is 3.86. The molecule has 5 nitrogen and oxygen atoms in total. The summed E-state index contributed by atoms with van der Waals surface area (Å²) < 4.78 is 18.6. The van der Waals surface area contributed by atoms with Crippen LogP contribution in [0.3, 0.4) is 0 Å². The van der Waals surface area contributed by atoms with Crippen molar-refractivity contribution in [2.75, 3.05) is 19.6 Å². The molecule has 0 spiro atoms. The normalized spacial score (nSPS) is 17.7. The molecular weight excluding hydrogens is 345 g/mol. The maximum absolute atomic E-state index is 13.0. The molecule has 0 unspecified atom stereocenters. The number of hydrogen-bond acceptors (Lipinski definition) is 4. The molecule has 1 saturated heterocycles. The third-order valence-corrected chi connectivity index (χ3v) is 4.85. The van der Waals surface area contributed by atoms with Crippen LogP contribution in [0.5, 0.6) is 11.5 Å². The summed E-state index contributed by atoms with van der Waals surface area (Å²) in [5, 5.41) is 2.99. The predicted molar refractivity (Wildman–Crippen MR) is 102 cm³/mol. The first kappa shape index (κ1) is 19.3. The van der Waals surface area contributed by atoms with Gasteiger partial charge in [0.25, 0.3) is 5.91 Å². The fourth-order valence-electron chi connectivity index (χ4n) is 3.30. The first-order chi connectivity index (χ1) is 13.0. The molecule has 1 aliphatic heterocycles. The molecule has 0 bridgehead atoms. The molecular formula is C21H26FN3O2. The second-order valence-corrected chi connectivity index (χ2v) is 7.24. The van der Waals surface area contributed by atoms with Crippen molar-refractivity contribution >= 4 is 5.91 Å². The molecule has 27 heavy (non-hydrogen) atoms. The van der Waals surface area contributed by atoms with Crippen molar-refractivity contribution in [3.63, 3.8) is 0 Å². The Hall–Kier alpha value is -2.47. The lowest BCUT2D eigenvalue weighted by Gasteiger charge is -2.35. The van der Waals surface area contributed by atoms with Crippen molar-refractivity contribution in [3.8, 4) is 11.5 Å². The van der Waals surface area contributed by atoms with Gasteiger partial charge in [0.15, 0.2) is 0 Å². The Morgan fingerprint density at radius 2 is 2.07 bits per heavy atom. The van der Waals surface area contributed by atoms with Crippen LogP contribution >= 0.6 is 0 Å². The average molecular weight is 371 g/mol. The highest BCUT2D eigenvalue weighted by molar-refractivity contribution is 5.92. The van der Waals surface area contributed by atoms with Crippen molar-refractivity contribution < 1.29 is 13.9 Å². The van der Waals surface area contributed by atoms with E-state index in [0.29, 0.717) is 35.7 Å². The van der Waals surface area contributed by atoms with Crippen molar-refractivity contribution in [2.45, 2.75) is 32.7 Å². The molecule has 6 heteroatoms. The third-order valence-electron chi connectivity index (χ3n) is 4.85. The topological polar surface area (TPSA) is 54.5 Å². The summed E-state index contributed by atoms with van der Waals surface area (Å²) in [6.07, 6.45) is 3.83. The van der Waals surface area contributed by atoms with E-state index in [1.807, 2.05) is 0 Å². The number of halogens is 1. The molecule has 1 aromatic heterocycles. The highest BCUT2D eigenvalue weighted by Crippen LogP contribution is 2.22. The van der Waals surface area contributed by atoms with E-state index in [0.717, 1.165) is 25.9 Å². The zero-order valence-electron chi connectivity index (χ0n) is 15.8. The van der Waals surface area contributed by atoms with E-state index >= 15 is 0 Å². The summed E-state index contributed by atoms with van der Waals surface area (Å²) in [5.74, 6) is 0.927. The minimum atomic E-state index is -0.323. The van der Waals surface area contributed by atoms with E-state index in [1.165, 1.54) is 18.3 Å². The molecule has 144 valence electrons. The number of aromatic nitrogens is 1.